The Labute approximate surface area is 155 Å². The second-order valence-electron chi connectivity index (χ2n) is 6.34. The van der Waals surface area contributed by atoms with E-state index in [0.29, 0.717) is 48.8 Å². The number of H-pyrrole nitrogens is 1. The van der Waals surface area contributed by atoms with Gasteiger partial charge < -0.3 is 19.8 Å². The number of nitrogens with zero attached hydrogens (tertiary/aromatic N) is 1. The maximum atomic E-state index is 12.3. The molecule has 1 aliphatic rings. The molecule has 0 saturated heterocycles. The fourth-order valence-electron chi connectivity index (χ4n) is 3.01. The van der Waals surface area contributed by atoms with E-state index in [2.05, 4.69) is 15.3 Å². The van der Waals surface area contributed by atoms with Crippen LogP contribution < -0.4 is 20.3 Å². The Hall–Kier alpha value is -3.35. The van der Waals surface area contributed by atoms with E-state index in [9.17, 15) is 9.59 Å². The minimum atomic E-state index is -0.195. The van der Waals surface area contributed by atoms with Crippen molar-refractivity contribution in [2.75, 3.05) is 13.2 Å². The molecule has 4 rings (SSSR count). The van der Waals surface area contributed by atoms with Gasteiger partial charge in [0.1, 0.15) is 13.2 Å². The Balaban J connectivity index is 1.44. The Bertz CT molecular complexity index is 1030. The van der Waals surface area contributed by atoms with Crippen LogP contribution in [0.2, 0.25) is 0 Å². The summed E-state index contributed by atoms with van der Waals surface area (Å²) < 4.78 is 11.1. The van der Waals surface area contributed by atoms with E-state index in [1.54, 1.807) is 24.5 Å². The Morgan fingerprint density at radius 2 is 2.00 bits per heavy atom. The Morgan fingerprint density at radius 1 is 1.19 bits per heavy atom. The number of carbonyl (C=O) groups is 1. The number of aromatic nitrogens is 2. The van der Waals surface area contributed by atoms with Crippen LogP contribution in [-0.4, -0.2) is 29.1 Å². The minimum absolute atomic E-state index is 0.111. The third-order valence-corrected chi connectivity index (χ3v) is 4.42. The monoisotopic (exact) mass is 365 g/mol. The quantitative estimate of drug-likeness (QED) is 0.721. The van der Waals surface area contributed by atoms with Crippen LogP contribution in [0.15, 0.2) is 47.5 Å². The lowest BCUT2D eigenvalue weighted by Gasteiger charge is -2.18. The molecule has 1 amide bonds. The number of hydrogen-bond donors (Lipinski definition) is 2. The van der Waals surface area contributed by atoms with E-state index in [-0.39, 0.29) is 17.9 Å². The second-order valence-corrected chi connectivity index (χ2v) is 6.34. The number of fused-ring (bicyclic) bond motifs is 2. The summed E-state index contributed by atoms with van der Waals surface area (Å²) in [5, 5.41) is 3.69. The zero-order valence-corrected chi connectivity index (χ0v) is 14.7. The first-order valence-corrected chi connectivity index (χ1v) is 8.80. The molecule has 1 aliphatic heterocycles. The van der Waals surface area contributed by atoms with Gasteiger partial charge in [0.2, 0.25) is 5.91 Å². The van der Waals surface area contributed by atoms with Crippen LogP contribution in [0.3, 0.4) is 0 Å². The highest BCUT2D eigenvalue weighted by molar-refractivity contribution is 5.83. The van der Waals surface area contributed by atoms with Crippen molar-refractivity contribution in [3.05, 3.63) is 64.2 Å². The summed E-state index contributed by atoms with van der Waals surface area (Å²) in [5.74, 6) is 1.19. The standard InChI is InChI=1S/C20H19N3O4/c24-19(22-12-13-2-1-5-21-11-13)4-3-14-8-15-9-17-18(27-7-6-26-17)10-16(15)23-20(14)25/h1-2,5,8-11H,3-4,6-7,12H2,(H,22,24)(H,23,25). The zero-order valence-electron chi connectivity index (χ0n) is 14.7. The normalized spacial score (nSPS) is 12.7. The Morgan fingerprint density at radius 3 is 2.78 bits per heavy atom. The fraction of sp³-hybridized carbons (Fsp3) is 0.250. The summed E-state index contributed by atoms with van der Waals surface area (Å²) in [4.78, 5) is 31.3. The summed E-state index contributed by atoms with van der Waals surface area (Å²) >= 11 is 0. The minimum Gasteiger partial charge on any atom is -0.486 e. The average Bonchev–Trinajstić information content (AvgIpc) is 2.70. The van der Waals surface area contributed by atoms with E-state index in [4.69, 9.17) is 9.47 Å². The maximum absolute atomic E-state index is 12.3. The van der Waals surface area contributed by atoms with Crippen molar-refractivity contribution < 1.29 is 14.3 Å². The first-order chi connectivity index (χ1) is 13.2. The molecule has 0 spiro atoms. The fourth-order valence-corrected chi connectivity index (χ4v) is 3.01. The molecule has 2 N–H and O–H groups in total. The van der Waals surface area contributed by atoms with Crippen molar-refractivity contribution >= 4 is 16.8 Å². The number of benzene rings is 1. The molecular formula is C20H19N3O4. The highest BCUT2D eigenvalue weighted by atomic mass is 16.6. The lowest BCUT2D eigenvalue weighted by molar-refractivity contribution is -0.121. The maximum Gasteiger partial charge on any atom is 0.251 e. The van der Waals surface area contributed by atoms with Gasteiger partial charge in [0.25, 0.3) is 5.56 Å². The molecule has 27 heavy (non-hydrogen) atoms. The predicted octanol–water partition coefficient (Wildman–Crippen LogP) is 1.94. The third-order valence-electron chi connectivity index (χ3n) is 4.42. The number of aryl methyl sites for hydroxylation is 1. The number of carbonyl (C=O) groups excluding carboxylic acids is 1. The largest absolute Gasteiger partial charge is 0.486 e. The highest BCUT2D eigenvalue weighted by Gasteiger charge is 2.14. The van der Waals surface area contributed by atoms with Gasteiger partial charge in [0.05, 0.1) is 5.52 Å². The van der Waals surface area contributed by atoms with Crippen LogP contribution in [0.5, 0.6) is 11.5 Å². The van der Waals surface area contributed by atoms with Crippen LogP contribution in [-0.2, 0) is 17.8 Å². The number of pyridine rings is 2. The molecule has 0 fully saturated rings. The summed E-state index contributed by atoms with van der Waals surface area (Å²) in [6.07, 6.45) is 3.99. The van der Waals surface area contributed by atoms with E-state index in [1.165, 1.54) is 0 Å². The molecule has 7 nitrogen and oxygen atoms in total. The van der Waals surface area contributed by atoms with Gasteiger partial charge in [-0.1, -0.05) is 6.07 Å². The smallest absolute Gasteiger partial charge is 0.251 e. The molecule has 0 saturated carbocycles. The van der Waals surface area contributed by atoms with Crippen LogP contribution in [0.4, 0.5) is 0 Å². The molecule has 0 atom stereocenters. The van der Waals surface area contributed by atoms with Gasteiger partial charge in [-0.3, -0.25) is 14.6 Å². The van der Waals surface area contributed by atoms with Crippen molar-refractivity contribution in [3.8, 4) is 11.5 Å². The highest BCUT2D eigenvalue weighted by Crippen LogP contribution is 2.33. The molecule has 3 aromatic rings. The zero-order chi connectivity index (χ0) is 18.6. The first-order valence-electron chi connectivity index (χ1n) is 8.80. The number of aromatic amines is 1. The van der Waals surface area contributed by atoms with Crippen molar-refractivity contribution in [3.63, 3.8) is 0 Å². The number of nitrogens with one attached hydrogen (secondary N) is 2. The predicted molar refractivity (Wildman–Crippen MR) is 100.0 cm³/mol. The molecule has 0 bridgehead atoms. The summed E-state index contributed by atoms with van der Waals surface area (Å²) in [6, 6.07) is 9.15. The first kappa shape index (κ1) is 17.1. The lowest BCUT2D eigenvalue weighted by Crippen LogP contribution is -2.24. The average molecular weight is 365 g/mol. The van der Waals surface area contributed by atoms with Gasteiger partial charge in [-0.05, 0) is 30.2 Å². The number of hydrogen-bond acceptors (Lipinski definition) is 5. The van der Waals surface area contributed by atoms with Gasteiger partial charge >= 0.3 is 0 Å². The van der Waals surface area contributed by atoms with Gasteiger partial charge in [0, 0.05) is 42.4 Å². The molecule has 3 heterocycles. The van der Waals surface area contributed by atoms with Crippen molar-refractivity contribution in [2.24, 2.45) is 0 Å². The van der Waals surface area contributed by atoms with Crippen LogP contribution in [0.1, 0.15) is 17.5 Å². The number of rotatable bonds is 5. The van der Waals surface area contributed by atoms with Crippen LogP contribution in [0, 0.1) is 0 Å². The molecule has 2 aromatic heterocycles. The SMILES string of the molecule is O=C(CCc1cc2cc3c(cc2[nH]c1=O)OCCO3)NCc1cccnc1. The van der Waals surface area contributed by atoms with Crippen molar-refractivity contribution in [1.29, 1.82) is 0 Å². The van der Waals surface area contributed by atoms with Gasteiger partial charge in [-0.15, -0.1) is 0 Å². The third kappa shape index (κ3) is 3.92. The number of amides is 1. The summed E-state index contributed by atoms with van der Waals surface area (Å²) in [5.41, 5.74) is 1.99. The molecule has 7 heteroatoms. The summed E-state index contributed by atoms with van der Waals surface area (Å²) in [6.45, 7) is 1.42. The van der Waals surface area contributed by atoms with Gasteiger partial charge in [0.15, 0.2) is 11.5 Å². The molecular weight excluding hydrogens is 346 g/mol. The number of ether oxygens (including phenoxy) is 2. The van der Waals surface area contributed by atoms with Crippen molar-refractivity contribution in [2.45, 2.75) is 19.4 Å². The van der Waals surface area contributed by atoms with E-state index < -0.39 is 0 Å². The molecule has 138 valence electrons. The summed E-state index contributed by atoms with van der Waals surface area (Å²) in [7, 11) is 0. The van der Waals surface area contributed by atoms with Crippen LogP contribution in [0.25, 0.3) is 10.9 Å². The van der Waals surface area contributed by atoms with E-state index >= 15 is 0 Å². The molecule has 0 unspecified atom stereocenters. The van der Waals surface area contributed by atoms with Crippen LogP contribution >= 0.6 is 0 Å². The van der Waals surface area contributed by atoms with E-state index in [1.807, 2.05) is 18.2 Å². The van der Waals surface area contributed by atoms with E-state index in [0.717, 1.165) is 10.9 Å². The molecule has 1 aromatic carbocycles. The topological polar surface area (TPSA) is 93.3 Å². The van der Waals surface area contributed by atoms with Gasteiger partial charge in [-0.25, -0.2) is 0 Å². The van der Waals surface area contributed by atoms with Gasteiger partial charge in [-0.2, -0.15) is 0 Å². The molecule has 0 aliphatic carbocycles. The van der Waals surface area contributed by atoms with Crippen molar-refractivity contribution in [1.82, 2.24) is 15.3 Å². The lowest BCUT2D eigenvalue weighted by atomic mass is 10.1. The molecule has 0 radical (unpaired) electrons. The second kappa shape index (κ2) is 7.49. The Kier molecular flexibility index (Phi) is 4.74.